The van der Waals surface area contributed by atoms with Gasteiger partial charge in [-0.2, -0.15) is 0 Å². The monoisotopic (exact) mass is 488 g/mol. The lowest BCUT2D eigenvalue weighted by molar-refractivity contribution is -0.323. The number of hydrogen-bond acceptors (Lipinski definition) is 12. The summed E-state index contributed by atoms with van der Waals surface area (Å²) in [5.41, 5.74) is 0.294. The van der Waals surface area contributed by atoms with Gasteiger partial charge >= 0.3 is 0 Å². The normalized spacial score (nSPS) is 38.6. The van der Waals surface area contributed by atoms with Crippen molar-refractivity contribution in [2.24, 2.45) is 0 Å². The summed E-state index contributed by atoms with van der Waals surface area (Å²) in [4.78, 5) is 12.4. The molecule has 0 saturated carbocycles. The fourth-order valence-electron chi connectivity index (χ4n) is 3.72. The summed E-state index contributed by atoms with van der Waals surface area (Å²) in [6, 6.07) is 6.09. The zero-order valence-electron chi connectivity index (χ0n) is 18.7. The van der Waals surface area contributed by atoms with Crippen LogP contribution in [0.15, 0.2) is 29.1 Å². The van der Waals surface area contributed by atoms with Gasteiger partial charge in [0.25, 0.3) is 0 Å². The second-order valence-electron chi connectivity index (χ2n) is 8.72. The maximum absolute atomic E-state index is 12.4. The Kier molecular flexibility index (Phi) is 8.98. The van der Waals surface area contributed by atoms with Crippen molar-refractivity contribution in [1.82, 2.24) is 0 Å². The van der Waals surface area contributed by atoms with E-state index in [0.29, 0.717) is 0 Å². The Bertz CT molecular complexity index is 864. The van der Waals surface area contributed by atoms with Crippen LogP contribution in [0.3, 0.4) is 0 Å². The molecule has 3 rings (SSSR count). The quantitative estimate of drug-likeness (QED) is 0.208. The lowest BCUT2D eigenvalue weighted by atomic mass is 9.98. The first-order chi connectivity index (χ1) is 16.0. The van der Waals surface area contributed by atoms with Crippen LogP contribution in [-0.2, 0) is 14.2 Å². The van der Waals surface area contributed by atoms with Gasteiger partial charge < -0.3 is 54.7 Å². The highest BCUT2D eigenvalue weighted by atomic mass is 16.7. The molecule has 7 N–H and O–H groups in total. The van der Waals surface area contributed by atoms with E-state index in [1.165, 1.54) is 12.1 Å². The maximum atomic E-state index is 12.4. The van der Waals surface area contributed by atoms with Gasteiger partial charge in [-0.15, -0.1) is 0 Å². The van der Waals surface area contributed by atoms with Gasteiger partial charge in [0.1, 0.15) is 48.8 Å². The molecule has 2 aliphatic heterocycles. The molecule has 192 valence electrons. The van der Waals surface area contributed by atoms with Crippen molar-refractivity contribution in [1.29, 1.82) is 0 Å². The second-order valence-corrected chi connectivity index (χ2v) is 8.72. The zero-order chi connectivity index (χ0) is 25.2. The molecule has 0 aliphatic carbocycles. The van der Waals surface area contributed by atoms with Gasteiger partial charge in [-0.3, -0.25) is 4.79 Å². The van der Waals surface area contributed by atoms with Crippen LogP contribution in [0.2, 0.25) is 0 Å². The molecule has 1 aromatic rings. The average molecular weight is 488 g/mol. The molecule has 0 radical (unpaired) electrons. The van der Waals surface area contributed by atoms with Crippen LogP contribution >= 0.6 is 0 Å². The summed E-state index contributed by atoms with van der Waals surface area (Å²) < 4.78 is 21.7. The fraction of sp³-hybridized carbons (Fsp3) is 0.682. The van der Waals surface area contributed by atoms with Gasteiger partial charge in [-0.05, 0) is 23.6 Å². The molecular formula is C22H32O12. The van der Waals surface area contributed by atoms with Crippen molar-refractivity contribution in [2.45, 2.75) is 81.2 Å². The van der Waals surface area contributed by atoms with Gasteiger partial charge in [0.05, 0.1) is 13.2 Å². The molecular weight excluding hydrogens is 456 g/mol. The summed E-state index contributed by atoms with van der Waals surface area (Å²) in [5, 5.41) is 70.1. The molecule has 10 unspecified atom stereocenters. The Balaban J connectivity index is 1.73. The third kappa shape index (κ3) is 5.74. The fourth-order valence-corrected chi connectivity index (χ4v) is 3.72. The van der Waals surface area contributed by atoms with E-state index < -0.39 is 80.1 Å². The third-order valence-electron chi connectivity index (χ3n) is 5.93. The molecule has 0 bridgehead atoms. The highest BCUT2D eigenvalue weighted by Gasteiger charge is 2.48. The molecule has 10 atom stereocenters. The number of aliphatic hydroxyl groups excluding tert-OH is 7. The summed E-state index contributed by atoms with van der Waals surface area (Å²) in [7, 11) is 0. The summed E-state index contributed by atoms with van der Waals surface area (Å²) in [6.45, 7) is 2.68. The Morgan fingerprint density at radius 3 is 2.06 bits per heavy atom. The minimum Gasteiger partial charge on any atom is -0.458 e. The van der Waals surface area contributed by atoms with Crippen molar-refractivity contribution >= 4 is 0 Å². The molecule has 0 amide bonds. The number of aliphatic hydroxyl groups is 7. The van der Waals surface area contributed by atoms with Crippen LogP contribution in [0.25, 0.3) is 0 Å². The summed E-state index contributed by atoms with van der Waals surface area (Å²) >= 11 is 0. The third-order valence-corrected chi connectivity index (χ3v) is 5.93. The minimum atomic E-state index is -1.72. The molecule has 0 spiro atoms. The molecule has 1 aromatic carbocycles. The molecule has 2 saturated heterocycles. The van der Waals surface area contributed by atoms with Gasteiger partial charge in [0.15, 0.2) is 12.0 Å². The summed E-state index contributed by atoms with van der Waals surface area (Å²) in [5.74, 6) is -0.0617. The first-order valence-corrected chi connectivity index (χ1v) is 11.0. The van der Waals surface area contributed by atoms with Gasteiger partial charge in [0.2, 0.25) is 11.7 Å². The van der Waals surface area contributed by atoms with E-state index in [0.717, 1.165) is 5.56 Å². The van der Waals surface area contributed by atoms with E-state index in [4.69, 9.17) is 18.9 Å². The highest BCUT2D eigenvalue weighted by molar-refractivity contribution is 5.29. The standard InChI is InChI=1S/C22H32O12/c1-9(2)10-4-3-5-11(24)12(6-10)32-22-20(30)18(28)16(26)14(34-22)8-31-21-19(29)17(27)15(25)13(7-23)33-21/h3-6,9,13-23,25-30H,7-8H2,1-2H3. The van der Waals surface area contributed by atoms with E-state index in [9.17, 15) is 40.5 Å². The van der Waals surface area contributed by atoms with Crippen LogP contribution in [-0.4, -0.2) is 110 Å². The van der Waals surface area contributed by atoms with Crippen LogP contribution in [0.4, 0.5) is 0 Å². The van der Waals surface area contributed by atoms with Gasteiger partial charge in [0, 0.05) is 0 Å². The molecule has 2 fully saturated rings. The smallest absolute Gasteiger partial charge is 0.229 e. The second kappa shape index (κ2) is 11.4. The van der Waals surface area contributed by atoms with E-state index >= 15 is 0 Å². The molecule has 0 aromatic heterocycles. The van der Waals surface area contributed by atoms with Crippen LogP contribution in [0.1, 0.15) is 25.3 Å². The predicted molar refractivity (Wildman–Crippen MR) is 114 cm³/mol. The highest BCUT2D eigenvalue weighted by Crippen LogP contribution is 2.27. The first-order valence-electron chi connectivity index (χ1n) is 11.0. The Morgan fingerprint density at radius 2 is 1.44 bits per heavy atom. The van der Waals surface area contributed by atoms with Crippen molar-refractivity contribution in [3.63, 3.8) is 0 Å². The Labute approximate surface area is 195 Å². The number of rotatable bonds is 7. The van der Waals surface area contributed by atoms with E-state index in [1.807, 2.05) is 13.8 Å². The first kappa shape index (κ1) is 26.9. The van der Waals surface area contributed by atoms with Crippen molar-refractivity contribution < 1.29 is 54.7 Å². The molecule has 12 nitrogen and oxygen atoms in total. The maximum Gasteiger partial charge on any atom is 0.229 e. The average Bonchev–Trinajstić information content (AvgIpc) is 2.99. The lowest BCUT2D eigenvalue weighted by Gasteiger charge is -2.42. The van der Waals surface area contributed by atoms with Crippen LogP contribution in [0, 0.1) is 0 Å². The Morgan fingerprint density at radius 1 is 0.853 bits per heavy atom. The molecule has 2 heterocycles. The van der Waals surface area contributed by atoms with Crippen LogP contribution in [0.5, 0.6) is 5.75 Å². The van der Waals surface area contributed by atoms with Crippen LogP contribution < -0.4 is 10.2 Å². The topological polar surface area (TPSA) is 196 Å². The number of ether oxygens (including phenoxy) is 4. The van der Waals surface area contributed by atoms with Crippen molar-refractivity contribution in [2.75, 3.05) is 13.2 Å². The predicted octanol–water partition coefficient (Wildman–Crippen LogP) is -2.83. The zero-order valence-corrected chi connectivity index (χ0v) is 18.7. The molecule has 34 heavy (non-hydrogen) atoms. The van der Waals surface area contributed by atoms with E-state index in [-0.39, 0.29) is 11.7 Å². The summed E-state index contributed by atoms with van der Waals surface area (Å²) in [6.07, 6.45) is -15.5. The van der Waals surface area contributed by atoms with Crippen molar-refractivity contribution in [3.8, 4) is 5.75 Å². The largest absolute Gasteiger partial charge is 0.458 e. The SMILES string of the molecule is CC(C)c1cccc(=O)c(OC2OC(COC3OC(CO)C(O)C(O)C3O)C(O)C(O)C2O)c1. The Hall–Kier alpha value is -1.71. The van der Waals surface area contributed by atoms with E-state index in [1.54, 1.807) is 12.1 Å². The van der Waals surface area contributed by atoms with Gasteiger partial charge in [-0.1, -0.05) is 26.0 Å². The number of hydrogen-bond donors (Lipinski definition) is 7. The van der Waals surface area contributed by atoms with Gasteiger partial charge in [-0.25, -0.2) is 0 Å². The van der Waals surface area contributed by atoms with Crippen molar-refractivity contribution in [3.05, 3.63) is 40.1 Å². The van der Waals surface area contributed by atoms with E-state index in [2.05, 4.69) is 0 Å². The minimum absolute atomic E-state index is 0.0680. The molecule has 12 heteroatoms. The molecule has 2 aliphatic rings. The lowest BCUT2D eigenvalue weighted by Crippen LogP contribution is -2.62.